The topological polar surface area (TPSA) is 15.3 Å². The van der Waals surface area contributed by atoms with E-state index < -0.39 is 0 Å². The molecule has 3 heteroatoms. The Morgan fingerprint density at radius 2 is 2.06 bits per heavy atom. The van der Waals surface area contributed by atoms with E-state index in [1.807, 2.05) is 0 Å². The minimum absolute atomic E-state index is 0.184. The highest BCUT2D eigenvalue weighted by atomic mass is 19.1. The fourth-order valence-electron chi connectivity index (χ4n) is 2.27. The molecule has 0 bridgehead atoms. The van der Waals surface area contributed by atoms with Gasteiger partial charge >= 0.3 is 0 Å². The standard InChI is InChI=1S/C13H27FN2/c1-13(2,3)15-11-12-7-4-5-9-16(12)10-6-8-14/h12,15H,4-11H2,1-3H3. The van der Waals surface area contributed by atoms with Crippen LogP contribution in [0.1, 0.15) is 46.5 Å². The Balaban J connectivity index is 2.34. The Kier molecular flexibility index (Phi) is 5.70. The Morgan fingerprint density at radius 1 is 1.31 bits per heavy atom. The van der Waals surface area contributed by atoms with E-state index in [0.29, 0.717) is 12.5 Å². The highest BCUT2D eigenvalue weighted by molar-refractivity contribution is 4.82. The zero-order valence-corrected chi connectivity index (χ0v) is 11.1. The normalized spacial score (nSPS) is 23.6. The lowest BCUT2D eigenvalue weighted by atomic mass is 10.0. The Labute approximate surface area is 99.6 Å². The van der Waals surface area contributed by atoms with E-state index in [-0.39, 0.29) is 12.2 Å². The maximum Gasteiger partial charge on any atom is 0.0906 e. The summed E-state index contributed by atoms with van der Waals surface area (Å²) in [6.45, 7) is 9.51. The van der Waals surface area contributed by atoms with Crippen LogP contribution in [0.4, 0.5) is 4.39 Å². The fourth-order valence-corrected chi connectivity index (χ4v) is 2.27. The summed E-state index contributed by atoms with van der Waals surface area (Å²) in [5.41, 5.74) is 0.184. The van der Waals surface area contributed by atoms with Crippen LogP contribution in [0.2, 0.25) is 0 Å². The number of hydrogen-bond donors (Lipinski definition) is 1. The number of nitrogens with one attached hydrogen (secondary N) is 1. The largest absolute Gasteiger partial charge is 0.311 e. The maximum atomic E-state index is 12.2. The first-order valence-corrected chi connectivity index (χ1v) is 6.58. The lowest BCUT2D eigenvalue weighted by molar-refractivity contribution is 0.134. The zero-order chi connectivity index (χ0) is 12.0. The van der Waals surface area contributed by atoms with Gasteiger partial charge in [0.15, 0.2) is 0 Å². The van der Waals surface area contributed by atoms with Gasteiger partial charge < -0.3 is 5.32 Å². The van der Waals surface area contributed by atoms with E-state index in [9.17, 15) is 4.39 Å². The van der Waals surface area contributed by atoms with Gasteiger partial charge in [-0.25, -0.2) is 0 Å². The summed E-state index contributed by atoms with van der Waals surface area (Å²) in [7, 11) is 0. The van der Waals surface area contributed by atoms with Gasteiger partial charge in [-0.2, -0.15) is 0 Å². The van der Waals surface area contributed by atoms with Crippen molar-refractivity contribution < 1.29 is 4.39 Å². The number of likely N-dealkylation sites (tertiary alicyclic amines) is 1. The van der Waals surface area contributed by atoms with Crippen LogP contribution in [0.15, 0.2) is 0 Å². The molecule has 0 aromatic carbocycles. The molecule has 1 N–H and O–H groups in total. The molecule has 16 heavy (non-hydrogen) atoms. The number of halogens is 1. The van der Waals surface area contributed by atoms with E-state index in [4.69, 9.17) is 0 Å². The molecule has 1 fully saturated rings. The Hall–Kier alpha value is -0.150. The van der Waals surface area contributed by atoms with E-state index in [1.54, 1.807) is 0 Å². The summed E-state index contributed by atoms with van der Waals surface area (Å²) in [6, 6.07) is 0.611. The molecule has 1 unspecified atom stereocenters. The molecule has 0 saturated carbocycles. The second kappa shape index (κ2) is 6.55. The van der Waals surface area contributed by atoms with Gasteiger partial charge in [0, 0.05) is 24.7 Å². The van der Waals surface area contributed by atoms with Crippen molar-refractivity contribution in [1.29, 1.82) is 0 Å². The van der Waals surface area contributed by atoms with E-state index in [1.165, 1.54) is 19.3 Å². The number of hydrogen-bond acceptors (Lipinski definition) is 2. The minimum Gasteiger partial charge on any atom is -0.311 e. The highest BCUT2D eigenvalue weighted by Crippen LogP contribution is 2.17. The first kappa shape index (κ1) is 13.9. The van der Waals surface area contributed by atoms with Crippen molar-refractivity contribution in [2.24, 2.45) is 0 Å². The Morgan fingerprint density at radius 3 is 2.69 bits per heavy atom. The summed E-state index contributed by atoms with van der Waals surface area (Å²) in [5, 5.41) is 3.56. The van der Waals surface area contributed by atoms with Gasteiger partial charge in [-0.05, 0) is 46.6 Å². The van der Waals surface area contributed by atoms with Crippen molar-refractivity contribution in [3.05, 3.63) is 0 Å². The minimum atomic E-state index is -0.185. The number of rotatable bonds is 5. The molecule has 0 aromatic heterocycles. The van der Waals surface area contributed by atoms with Gasteiger partial charge in [0.25, 0.3) is 0 Å². The molecule has 0 radical (unpaired) electrons. The van der Waals surface area contributed by atoms with Crippen molar-refractivity contribution >= 4 is 0 Å². The lowest BCUT2D eigenvalue weighted by Crippen LogP contribution is -2.49. The van der Waals surface area contributed by atoms with Crippen molar-refractivity contribution in [1.82, 2.24) is 10.2 Å². The van der Waals surface area contributed by atoms with Gasteiger partial charge in [-0.3, -0.25) is 9.29 Å². The van der Waals surface area contributed by atoms with Crippen molar-refractivity contribution in [3.8, 4) is 0 Å². The molecule has 96 valence electrons. The van der Waals surface area contributed by atoms with E-state index in [2.05, 4.69) is 31.0 Å². The number of nitrogens with zero attached hydrogens (tertiary/aromatic N) is 1. The summed E-state index contributed by atoms with van der Waals surface area (Å²) in [4.78, 5) is 2.46. The average molecular weight is 230 g/mol. The molecule has 0 spiro atoms. The van der Waals surface area contributed by atoms with Crippen LogP contribution in [-0.4, -0.2) is 42.8 Å². The molecule has 1 heterocycles. The molecule has 0 aliphatic carbocycles. The van der Waals surface area contributed by atoms with E-state index >= 15 is 0 Å². The molecule has 0 amide bonds. The third-order valence-electron chi connectivity index (χ3n) is 3.20. The summed E-state index contributed by atoms with van der Waals surface area (Å²) in [6.07, 6.45) is 4.54. The predicted molar refractivity (Wildman–Crippen MR) is 67.6 cm³/mol. The fraction of sp³-hybridized carbons (Fsp3) is 1.00. The second-order valence-electron chi connectivity index (χ2n) is 5.86. The third-order valence-corrected chi connectivity index (χ3v) is 3.20. The molecule has 1 rings (SSSR count). The first-order chi connectivity index (χ1) is 7.53. The van der Waals surface area contributed by atoms with Crippen molar-refractivity contribution in [2.45, 2.75) is 58.0 Å². The van der Waals surface area contributed by atoms with Crippen LogP contribution in [-0.2, 0) is 0 Å². The monoisotopic (exact) mass is 230 g/mol. The van der Waals surface area contributed by atoms with Gasteiger partial charge in [-0.1, -0.05) is 6.42 Å². The molecule has 1 aliphatic rings. The van der Waals surface area contributed by atoms with Gasteiger partial charge in [0.2, 0.25) is 0 Å². The molecule has 0 aromatic rings. The van der Waals surface area contributed by atoms with Crippen molar-refractivity contribution in [2.75, 3.05) is 26.3 Å². The van der Waals surface area contributed by atoms with Gasteiger partial charge in [0.05, 0.1) is 6.67 Å². The van der Waals surface area contributed by atoms with Crippen LogP contribution in [0.5, 0.6) is 0 Å². The second-order valence-corrected chi connectivity index (χ2v) is 5.86. The molecular formula is C13H27FN2. The molecule has 2 nitrogen and oxygen atoms in total. The van der Waals surface area contributed by atoms with Crippen LogP contribution in [0, 0.1) is 0 Å². The first-order valence-electron chi connectivity index (χ1n) is 6.58. The third kappa shape index (κ3) is 5.26. The molecule has 1 atom stereocenters. The van der Waals surface area contributed by atoms with E-state index in [0.717, 1.165) is 19.6 Å². The molecular weight excluding hydrogens is 203 g/mol. The van der Waals surface area contributed by atoms with Gasteiger partial charge in [-0.15, -0.1) is 0 Å². The number of alkyl halides is 1. The summed E-state index contributed by atoms with van der Waals surface area (Å²) in [5.74, 6) is 0. The van der Waals surface area contributed by atoms with Crippen LogP contribution < -0.4 is 5.32 Å². The average Bonchev–Trinajstić information content (AvgIpc) is 2.23. The summed E-state index contributed by atoms with van der Waals surface area (Å²) < 4.78 is 12.2. The van der Waals surface area contributed by atoms with Crippen molar-refractivity contribution in [3.63, 3.8) is 0 Å². The van der Waals surface area contributed by atoms with Crippen LogP contribution >= 0.6 is 0 Å². The lowest BCUT2D eigenvalue weighted by Gasteiger charge is -2.37. The smallest absolute Gasteiger partial charge is 0.0906 e. The predicted octanol–water partition coefficient (Wildman–Crippen LogP) is 2.59. The zero-order valence-electron chi connectivity index (χ0n) is 11.1. The van der Waals surface area contributed by atoms with Crippen LogP contribution in [0.3, 0.4) is 0 Å². The highest BCUT2D eigenvalue weighted by Gasteiger charge is 2.23. The molecule has 1 saturated heterocycles. The maximum absolute atomic E-state index is 12.2. The Bertz CT molecular complexity index is 189. The SMILES string of the molecule is CC(C)(C)NCC1CCCCN1CCCF. The summed E-state index contributed by atoms with van der Waals surface area (Å²) >= 11 is 0. The number of piperidine rings is 1. The van der Waals surface area contributed by atoms with Crippen LogP contribution in [0.25, 0.3) is 0 Å². The quantitative estimate of drug-likeness (QED) is 0.781. The van der Waals surface area contributed by atoms with Gasteiger partial charge in [0.1, 0.15) is 0 Å². The molecule has 1 aliphatic heterocycles.